The van der Waals surface area contributed by atoms with Crippen LogP contribution in [0.15, 0.2) is 45.9 Å². The smallest absolute Gasteiger partial charge is 0.243 e. The Morgan fingerprint density at radius 2 is 2.08 bits per heavy atom. The molecule has 1 saturated heterocycles. The van der Waals surface area contributed by atoms with Gasteiger partial charge in [0.15, 0.2) is 0 Å². The summed E-state index contributed by atoms with van der Waals surface area (Å²) in [5, 5.41) is 0. The number of ether oxygens (including phenoxy) is 1. The summed E-state index contributed by atoms with van der Waals surface area (Å²) in [5.74, 6) is 0.494. The van der Waals surface area contributed by atoms with E-state index in [1.54, 1.807) is 12.3 Å². The van der Waals surface area contributed by atoms with Crippen molar-refractivity contribution in [3.63, 3.8) is 0 Å². The molecule has 2 aromatic rings. The van der Waals surface area contributed by atoms with Gasteiger partial charge in [0.1, 0.15) is 6.10 Å². The molecule has 1 aliphatic heterocycles. The Kier molecular flexibility index (Phi) is 4.94. The summed E-state index contributed by atoms with van der Waals surface area (Å²) >= 11 is 3.39. The minimum absolute atomic E-state index is 0.198. The maximum absolute atomic E-state index is 12.9. The molecule has 128 valence electrons. The fourth-order valence-electron chi connectivity index (χ4n) is 2.75. The molecule has 24 heavy (non-hydrogen) atoms. The zero-order valence-corrected chi connectivity index (χ0v) is 16.0. The zero-order valence-electron chi connectivity index (χ0n) is 13.6. The SMILES string of the molecule is Cc1ccc(C)c(S(=O)(=O)N2CCC(Oc3ncccc3Br)C2)c1. The fourth-order valence-corrected chi connectivity index (χ4v) is 4.90. The molecule has 0 aliphatic carbocycles. The molecule has 1 atom stereocenters. The monoisotopic (exact) mass is 410 g/mol. The fraction of sp³-hybridized carbons (Fsp3) is 0.353. The van der Waals surface area contributed by atoms with Crippen LogP contribution in [-0.2, 0) is 10.0 Å². The van der Waals surface area contributed by atoms with E-state index < -0.39 is 10.0 Å². The van der Waals surface area contributed by atoms with Gasteiger partial charge in [-0.2, -0.15) is 4.31 Å². The second-order valence-electron chi connectivity index (χ2n) is 5.95. The third kappa shape index (κ3) is 3.48. The van der Waals surface area contributed by atoms with Gasteiger partial charge >= 0.3 is 0 Å². The Hall–Kier alpha value is -1.44. The molecule has 5 nitrogen and oxygen atoms in total. The van der Waals surface area contributed by atoms with Gasteiger partial charge in [0.05, 0.1) is 15.9 Å². The summed E-state index contributed by atoms with van der Waals surface area (Å²) in [6, 6.07) is 9.15. The van der Waals surface area contributed by atoms with Crippen molar-refractivity contribution in [2.24, 2.45) is 0 Å². The standard InChI is InChI=1S/C17H19BrN2O3S/c1-12-5-6-13(2)16(10-12)24(21,22)20-9-7-14(11-20)23-17-15(18)4-3-8-19-17/h3-6,8,10,14H,7,9,11H2,1-2H3. The van der Waals surface area contributed by atoms with Gasteiger partial charge in [-0.1, -0.05) is 12.1 Å². The summed E-state index contributed by atoms with van der Waals surface area (Å²) in [5.41, 5.74) is 1.70. The molecule has 2 heterocycles. The average Bonchev–Trinajstić information content (AvgIpc) is 3.01. The van der Waals surface area contributed by atoms with Crippen molar-refractivity contribution in [1.29, 1.82) is 0 Å². The van der Waals surface area contributed by atoms with Crippen LogP contribution in [0.4, 0.5) is 0 Å². The van der Waals surface area contributed by atoms with Crippen molar-refractivity contribution >= 4 is 26.0 Å². The van der Waals surface area contributed by atoms with E-state index in [9.17, 15) is 8.42 Å². The van der Waals surface area contributed by atoms with E-state index >= 15 is 0 Å². The van der Waals surface area contributed by atoms with Crippen molar-refractivity contribution in [2.75, 3.05) is 13.1 Å². The molecular weight excluding hydrogens is 392 g/mol. The third-order valence-electron chi connectivity index (χ3n) is 4.07. The minimum Gasteiger partial charge on any atom is -0.472 e. The summed E-state index contributed by atoms with van der Waals surface area (Å²) in [6.45, 7) is 4.50. The molecule has 1 aliphatic rings. The van der Waals surface area contributed by atoms with Crippen LogP contribution in [0.1, 0.15) is 17.5 Å². The maximum Gasteiger partial charge on any atom is 0.243 e. The van der Waals surface area contributed by atoms with Gasteiger partial charge < -0.3 is 4.74 Å². The van der Waals surface area contributed by atoms with Crippen molar-refractivity contribution in [3.8, 4) is 5.88 Å². The van der Waals surface area contributed by atoms with Crippen molar-refractivity contribution in [1.82, 2.24) is 9.29 Å². The Labute approximate surface area is 150 Å². The highest BCUT2D eigenvalue weighted by molar-refractivity contribution is 9.10. The van der Waals surface area contributed by atoms with Gasteiger partial charge in [-0.25, -0.2) is 13.4 Å². The van der Waals surface area contributed by atoms with Crippen LogP contribution < -0.4 is 4.74 Å². The van der Waals surface area contributed by atoms with E-state index in [-0.39, 0.29) is 6.10 Å². The van der Waals surface area contributed by atoms with Crippen LogP contribution in [0.25, 0.3) is 0 Å². The molecule has 0 amide bonds. The Morgan fingerprint density at radius 1 is 1.29 bits per heavy atom. The number of hydrogen-bond donors (Lipinski definition) is 0. The molecule has 0 radical (unpaired) electrons. The van der Waals surface area contributed by atoms with Crippen molar-refractivity contribution in [3.05, 3.63) is 52.1 Å². The number of rotatable bonds is 4. The lowest BCUT2D eigenvalue weighted by molar-refractivity contribution is 0.205. The Morgan fingerprint density at radius 3 is 2.83 bits per heavy atom. The predicted octanol–water partition coefficient (Wildman–Crippen LogP) is 3.30. The average molecular weight is 411 g/mol. The van der Waals surface area contributed by atoms with Crippen LogP contribution in [0.2, 0.25) is 0 Å². The van der Waals surface area contributed by atoms with Crippen LogP contribution in [0.5, 0.6) is 5.88 Å². The molecule has 0 saturated carbocycles. The first-order valence-corrected chi connectivity index (χ1v) is 9.96. The molecule has 0 bridgehead atoms. The molecule has 7 heteroatoms. The highest BCUT2D eigenvalue weighted by atomic mass is 79.9. The molecule has 1 fully saturated rings. The largest absolute Gasteiger partial charge is 0.472 e. The number of aryl methyl sites for hydroxylation is 2. The first-order valence-electron chi connectivity index (χ1n) is 7.72. The maximum atomic E-state index is 12.9. The quantitative estimate of drug-likeness (QED) is 0.775. The number of hydrogen-bond acceptors (Lipinski definition) is 4. The topological polar surface area (TPSA) is 59.5 Å². The molecule has 1 aromatic carbocycles. The van der Waals surface area contributed by atoms with Gasteiger partial charge in [0.25, 0.3) is 0 Å². The van der Waals surface area contributed by atoms with Gasteiger partial charge in [-0.3, -0.25) is 0 Å². The van der Waals surface area contributed by atoms with Crippen LogP contribution in [0, 0.1) is 13.8 Å². The Bertz CT molecular complexity index is 855. The number of halogens is 1. The van der Waals surface area contributed by atoms with Gasteiger partial charge in [0, 0.05) is 12.7 Å². The lowest BCUT2D eigenvalue weighted by Crippen LogP contribution is -2.31. The minimum atomic E-state index is -3.51. The number of aromatic nitrogens is 1. The van der Waals surface area contributed by atoms with Crippen LogP contribution in [-0.4, -0.2) is 36.9 Å². The summed E-state index contributed by atoms with van der Waals surface area (Å²) < 4.78 is 34.0. The number of pyridine rings is 1. The summed E-state index contributed by atoms with van der Waals surface area (Å²) in [7, 11) is -3.51. The van der Waals surface area contributed by atoms with Crippen molar-refractivity contribution < 1.29 is 13.2 Å². The van der Waals surface area contributed by atoms with E-state index in [2.05, 4.69) is 20.9 Å². The number of benzene rings is 1. The van der Waals surface area contributed by atoms with E-state index in [0.29, 0.717) is 30.3 Å². The van der Waals surface area contributed by atoms with E-state index in [1.165, 1.54) is 4.31 Å². The molecule has 0 spiro atoms. The van der Waals surface area contributed by atoms with Gasteiger partial charge in [-0.15, -0.1) is 0 Å². The molecule has 1 unspecified atom stereocenters. The summed E-state index contributed by atoms with van der Waals surface area (Å²) in [6.07, 6.45) is 2.10. The summed E-state index contributed by atoms with van der Waals surface area (Å²) in [4.78, 5) is 4.55. The van der Waals surface area contributed by atoms with Crippen LogP contribution in [0.3, 0.4) is 0 Å². The van der Waals surface area contributed by atoms with Gasteiger partial charge in [0.2, 0.25) is 15.9 Å². The number of sulfonamides is 1. The lowest BCUT2D eigenvalue weighted by Gasteiger charge is -2.19. The van der Waals surface area contributed by atoms with E-state index in [4.69, 9.17) is 4.74 Å². The first kappa shape index (κ1) is 17.4. The Balaban J connectivity index is 1.77. The van der Waals surface area contributed by atoms with Gasteiger partial charge in [-0.05, 0) is 65.5 Å². The predicted molar refractivity (Wildman–Crippen MR) is 95.6 cm³/mol. The van der Waals surface area contributed by atoms with E-state index in [0.717, 1.165) is 15.6 Å². The zero-order chi connectivity index (χ0) is 17.3. The molecular formula is C17H19BrN2O3S. The highest BCUT2D eigenvalue weighted by Gasteiger charge is 2.34. The second-order valence-corrected chi connectivity index (χ2v) is 8.71. The van der Waals surface area contributed by atoms with E-state index in [1.807, 2.05) is 38.1 Å². The highest BCUT2D eigenvalue weighted by Crippen LogP contribution is 2.28. The first-order chi connectivity index (χ1) is 11.4. The molecule has 0 N–H and O–H groups in total. The lowest BCUT2D eigenvalue weighted by atomic mass is 10.2. The normalized spacial score (nSPS) is 18.7. The molecule has 1 aromatic heterocycles. The second kappa shape index (κ2) is 6.82. The molecule has 3 rings (SSSR count). The van der Waals surface area contributed by atoms with Crippen molar-refractivity contribution in [2.45, 2.75) is 31.3 Å². The number of nitrogens with zero attached hydrogens (tertiary/aromatic N) is 2. The third-order valence-corrected chi connectivity index (χ3v) is 6.68. The van der Waals surface area contributed by atoms with Crippen LogP contribution >= 0.6 is 15.9 Å².